The number of anilines is 1. The predicted octanol–water partition coefficient (Wildman–Crippen LogP) is 1.03. The first-order valence-corrected chi connectivity index (χ1v) is 5.37. The van der Waals surface area contributed by atoms with Crippen LogP contribution < -0.4 is 10.1 Å². The van der Waals surface area contributed by atoms with Crippen molar-refractivity contribution < 1.29 is 9.53 Å². The molecule has 94 valence electrons. The molecule has 1 aromatic heterocycles. The van der Waals surface area contributed by atoms with Gasteiger partial charge in [0, 0.05) is 14.1 Å². The molecule has 0 bridgehead atoms. The molecule has 0 aromatic carbocycles. The molecule has 7 heteroatoms. The van der Waals surface area contributed by atoms with Gasteiger partial charge in [0.25, 0.3) is 0 Å². The van der Waals surface area contributed by atoms with Gasteiger partial charge in [0.2, 0.25) is 5.91 Å². The van der Waals surface area contributed by atoms with Crippen LogP contribution in [0.1, 0.15) is 6.92 Å². The van der Waals surface area contributed by atoms with E-state index in [4.69, 9.17) is 16.3 Å². The number of hydrogen-bond donors (Lipinski definition) is 1. The Labute approximate surface area is 105 Å². The van der Waals surface area contributed by atoms with Crippen molar-refractivity contribution in [1.29, 1.82) is 0 Å². The highest BCUT2D eigenvalue weighted by Gasteiger charge is 2.18. The van der Waals surface area contributed by atoms with E-state index in [0.29, 0.717) is 11.6 Å². The van der Waals surface area contributed by atoms with Crippen LogP contribution in [0.3, 0.4) is 0 Å². The number of nitrogens with zero attached hydrogens (tertiary/aromatic N) is 3. The second-order valence-electron chi connectivity index (χ2n) is 3.65. The third-order valence-corrected chi connectivity index (χ3v) is 2.40. The number of halogens is 1. The number of carbonyl (C=O) groups is 1. The molecule has 6 nitrogen and oxygen atoms in total. The van der Waals surface area contributed by atoms with Crippen LogP contribution in [-0.4, -0.2) is 48.0 Å². The lowest BCUT2D eigenvalue weighted by Crippen LogP contribution is -2.36. The summed E-state index contributed by atoms with van der Waals surface area (Å²) >= 11 is 5.84. The summed E-state index contributed by atoms with van der Waals surface area (Å²) in [6.45, 7) is 1.73. The molecule has 17 heavy (non-hydrogen) atoms. The number of amides is 1. The number of rotatable bonds is 4. The minimum Gasteiger partial charge on any atom is -0.490 e. The van der Waals surface area contributed by atoms with Crippen molar-refractivity contribution >= 4 is 23.3 Å². The topological polar surface area (TPSA) is 67.4 Å². The fraction of sp³-hybridized carbons (Fsp3) is 0.500. The molecule has 1 unspecified atom stereocenters. The Morgan fingerprint density at radius 1 is 1.53 bits per heavy atom. The van der Waals surface area contributed by atoms with Crippen LogP contribution in [0.2, 0.25) is 5.15 Å². The Morgan fingerprint density at radius 3 is 2.71 bits per heavy atom. The zero-order chi connectivity index (χ0) is 13.0. The average molecular weight is 259 g/mol. The molecular weight excluding hydrogens is 244 g/mol. The van der Waals surface area contributed by atoms with E-state index in [1.165, 1.54) is 18.3 Å². The Bertz CT molecular complexity index is 411. The molecule has 0 saturated carbocycles. The fourth-order valence-corrected chi connectivity index (χ4v) is 1.50. The van der Waals surface area contributed by atoms with Gasteiger partial charge in [-0.05, 0) is 6.92 Å². The summed E-state index contributed by atoms with van der Waals surface area (Å²) in [6, 6.07) is -0.426. The van der Waals surface area contributed by atoms with Crippen LogP contribution in [0.15, 0.2) is 6.33 Å². The van der Waals surface area contributed by atoms with Gasteiger partial charge in [-0.3, -0.25) is 4.79 Å². The zero-order valence-electron chi connectivity index (χ0n) is 10.2. The molecule has 1 atom stereocenters. The Balaban J connectivity index is 2.88. The molecule has 0 aliphatic carbocycles. The van der Waals surface area contributed by atoms with Crippen molar-refractivity contribution in [2.24, 2.45) is 0 Å². The lowest BCUT2D eigenvalue weighted by atomic mass is 10.3. The first kappa shape index (κ1) is 13.5. The van der Waals surface area contributed by atoms with Crippen molar-refractivity contribution in [2.75, 3.05) is 26.5 Å². The molecule has 1 heterocycles. The first-order valence-electron chi connectivity index (χ1n) is 4.99. The zero-order valence-corrected chi connectivity index (χ0v) is 10.9. The molecule has 1 N–H and O–H groups in total. The number of carbonyl (C=O) groups excluding carboxylic acids is 1. The number of nitrogens with one attached hydrogen (secondary N) is 1. The molecule has 1 aromatic rings. The normalized spacial score (nSPS) is 11.8. The van der Waals surface area contributed by atoms with E-state index in [9.17, 15) is 4.79 Å². The van der Waals surface area contributed by atoms with E-state index in [2.05, 4.69) is 15.3 Å². The van der Waals surface area contributed by atoms with E-state index >= 15 is 0 Å². The summed E-state index contributed by atoms with van der Waals surface area (Å²) in [7, 11) is 4.84. The maximum Gasteiger partial charge on any atom is 0.244 e. The van der Waals surface area contributed by atoms with Gasteiger partial charge in [-0.2, -0.15) is 0 Å². The number of hydrogen-bond acceptors (Lipinski definition) is 5. The summed E-state index contributed by atoms with van der Waals surface area (Å²) in [6.07, 6.45) is 1.31. The highest BCUT2D eigenvalue weighted by atomic mass is 35.5. The predicted molar refractivity (Wildman–Crippen MR) is 65.4 cm³/mol. The second-order valence-corrected chi connectivity index (χ2v) is 4.00. The third-order valence-electron chi connectivity index (χ3n) is 2.13. The molecule has 0 spiro atoms. The second kappa shape index (κ2) is 5.67. The monoisotopic (exact) mass is 258 g/mol. The van der Waals surface area contributed by atoms with Gasteiger partial charge in [0.1, 0.15) is 12.4 Å². The SMILES string of the molecule is COc1c(Cl)ncnc1NC(C)C(=O)N(C)C. The van der Waals surface area contributed by atoms with E-state index in [0.717, 1.165) is 0 Å². The van der Waals surface area contributed by atoms with E-state index in [1.54, 1.807) is 21.0 Å². The van der Waals surface area contributed by atoms with Gasteiger partial charge in [-0.15, -0.1) is 0 Å². The summed E-state index contributed by atoms with van der Waals surface area (Å²) in [4.78, 5) is 21.0. The highest BCUT2D eigenvalue weighted by Crippen LogP contribution is 2.28. The number of ether oxygens (including phenoxy) is 1. The Morgan fingerprint density at radius 2 is 2.18 bits per heavy atom. The van der Waals surface area contributed by atoms with Gasteiger partial charge in [-0.1, -0.05) is 11.6 Å². The van der Waals surface area contributed by atoms with Gasteiger partial charge in [0.05, 0.1) is 7.11 Å². The standard InChI is InChI=1S/C10H15ClN4O2/c1-6(10(16)15(2)3)14-9-7(17-4)8(11)12-5-13-9/h5-6H,1-4H3,(H,12,13,14). The van der Waals surface area contributed by atoms with Crippen LogP contribution in [0.25, 0.3) is 0 Å². The maximum absolute atomic E-state index is 11.7. The lowest BCUT2D eigenvalue weighted by molar-refractivity contribution is -0.129. The third kappa shape index (κ3) is 3.20. The van der Waals surface area contributed by atoms with Crippen molar-refractivity contribution in [3.63, 3.8) is 0 Å². The Hall–Kier alpha value is -1.56. The largest absolute Gasteiger partial charge is 0.490 e. The van der Waals surface area contributed by atoms with E-state index in [1.807, 2.05) is 0 Å². The molecule has 0 radical (unpaired) electrons. The van der Waals surface area contributed by atoms with E-state index in [-0.39, 0.29) is 11.1 Å². The van der Waals surface area contributed by atoms with Crippen molar-refractivity contribution in [1.82, 2.24) is 14.9 Å². The van der Waals surface area contributed by atoms with Crippen LogP contribution in [0.4, 0.5) is 5.82 Å². The molecule has 1 rings (SSSR count). The molecule has 1 amide bonds. The van der Waals surface area contributed by atoms with Crippen molar-refractivity contribution in [3.05, 3.63) is 11.5 Å². The average Bonchev–Trinajstić information content (AvgIpc) is 2.28. The van der Waals surface area contributed by atoms with Gasteiger partial charge < -0.3 is 15.0 Å². The molecule has 0 aliphatic rings. The quantitative estimate of drug-likeness (QED) is 0.817. The van der Waals surface area contributed by atoms with Crippen LogP contribution in [0, 0.1) is 0 Å². The molecule has 0 fully saturated rings. The van der Waals surface area contributed by atoms with E-state index < -0.39 is 6.04 Å². The number of likely N-dealkylation sites (N-methyl/N-ethyl adjacent to an activating group) is 1. The summed E-state index contributed by atoms with van der Waals surface area (Å²) in [5.41, 5.74) is 0. The molecule has 0 saturated heterocycles. The van der Waals surface area contributed by atoms with Crippen LogP contribution in [-0.2, 0) is 4.79 Å². The maximum atomic E-state index is 11.7. The molecular formula is C10H15ClN4O2. The minimum absolute atomic E-state index is 0.0678. The van der Waals surface area contributed by atoms with Crippen molar-refractivity contribution in [3.8, 4) is 5.75 Å². The lowest BCUT2D eigenvalue weighted by Gasteiger charge is -2.19. The minimum atomic E-state index is -0.426. The van der Waals surface area contributed by atoms with Crippen LogP contribution >= 0.6 is 11.6 Å². The van der Waals surface area contributed by atoms with Gasteiger partial charge in [0.15, 0.2) is 16.7 Å². The summed E-state index contributed by atoms with van der Waals surface area (Å²) in [5.74, 6) is 0.657. The van der Waals surface area contributed by atoms with Crippen molar-refractivity contribution in [2.45, 2.75) is 13.0 Å². The molecule has 0 aliphatic heterocycles. The number of aromatic nitrogens is 2. The van der Waals surface area contributed by atoms with Crippen LogP contribution in [0.5, 0.6) is 5.75 Å². The highest BCUT2D eigenvalue weighted by molar-refractivity contribution is 6.31. The summed E-state index contributed by atoms with van der Waals surface area (Å²) in [5, 5.41) is 3.13. The Kier molecular flexibility index (Phi) is 4.51. The smallest absolute Gasteiger partial charge is 0.244 e. The fourth-order valence-electron chi connectivity index (χ4n) is 1.29. The summed E-state index contributed by atoms with van der Waals surface area (Å²) < 4.78 is 5.07. The van der Waals surface area contributed by atoms with Gasteiger partial charge >= 0.3 is 0 Å². The number of methoxy groups -OCH3 is 1. The first-order chi connectivity index (χ1) is 7.97. The van der Waals surface area contributed by atoms with Gasteiger partial charge in [-0.25, -0.2) is 9.97 Å².